The van der Waals surface area contributed by atoms with Crippen molar-refractivity contribution in [2.24, 2.45) is 0 Å². The number of likely N-dealkylation sites (tertiary alicyclic amines) is 1. The van der Waals surface area contributed by atoms with E-state index in [9.17, 15) is 4.79 Å². The van der Waals surface area contributed by atoms with Gasteiger partial charge < -0.3 is 25.0 Å². The minimum absolute atomic E-state index is 0.0861. The van der Waals surface area contributed by atoms with E-state index in [0.717, 1.165) is 61.2 Å². The minimum atomic E-state index is -0.595. The number of benzene rings is 3. The van der Waals surface area contributed by atoms with Crippen LogP contribution in [0.3, 0.4) is 0 Å². The summed E-state index contributed by atoms with van der Waals surface area (Å²) in [6, 6.07) is 18.4. The fourth-order valence-electron chi connectivity index (χ4n) is 6.36. The van der Waals surface area contributed by atoms with Gasteiger partial charge in [-0.15, -0.1) is 0 Å². The maximum atomic E-state index is 15.1. The number of aromatic nitrogens is 2. The highest BCUT2D eigenvalue weighted by atomic mass is 19.1. The van der Waals surface area contributed by atoms with E-state index >= 15 is 4.39 Å². The molecule has 8 nitrogen and oxygen atoms in total. The highest BCUT2D eigenvalue weighted by Gasteiger charge is 2.25. The number of ether oxygens (including phenoxy) is 2. The Kier molecular flexibility index (Phi) is 9.78. The number of carbonyl (C=O) groups is 1. The van der Waals surface area contributed by atoms with E-state index in [0.29, 0.717) is 18.0 Å². The first-order valence-corrected chi connectivity index (χ1v) is 16.3. The molecule has 1 fully saturated rings. The number of anilines is 2. The van der Waals surface area contributed by atoms with Gasteiger partial charge in [0.05, 0.1) is 18.3 Å². The number of piperidine rings is 1. The van der Waals surface area contributed by atoms with Crippen molar-refractivity contribution in [3.8, 4) is 22.9 Å². The summed E-state index contributed by atoms with van der Waals surface area (Å²) in [4.78, 5) is 24.7. The average molecular weight is 624 g/mol. The van der Waals surface area contributed by atoms with Crippen LogP contribution in [0.25, 0.3) is 11.3 Å². The van der Waals surface area contributed by atoms with Gasteiger partial charge in [0.25, 0.3) is 0 Å². The lowest BCUT2D eigenvalue weighted by Gasteiger charge is -2.26. The molecule has 1 amide bonds. The molecule has 2 N–H and O–H groups in total. The number of amides is 1. The molecule has 0 saturated carbocycles. The Balaban J connectivity index is 1.18. The molecule has 6 rings (SSSR count). The lowest BCUT2D eigenvalue weighted by Crippen LogP contribution is -2.31. The fourth-order valence-corrected chi connectivity index (χ4v) is 6.36. The Hall–Kier alpha value is -4.50. The van der Waals surface area contributed by atoms with Crippen LogP contribution < -0.4 is 20.1 Å². The molecular formula is C37H42FN5O3. The molecule has 0 spiro atoms. The van der Waals surface area contributed by atoms with Crippen molar-refractivity contribution in [1.82, 2.24) is 20.2 Å². The average Bonchev–Trinajstić information content (AvgIpc) is 3.45. The number of rotatable bonds is 10. The third-order valence-electron chi connectivity index (χ3n) is 9.17. The highest BCUT2D eigenvalue weighted by Crippen LogP contribution is 2.32. The summed E-state index contributed by atoms with van der Waals surface area (Å²) in [5, 5.41) is 6.09. The number of carbonyl (C=O) groups excluding carboxylic acids is 1. The summed E-state index contributed by atoms with van der Waals surface area (Å²) in [6.45, 7) is 9.86. The molecule has 1 atom stereocenters. The maximum Gasteiger partial charge on any atom is 0.414 e. The molecule has 1 aromatic heterocycles. The summed E-state index contributed by atoms with van der Waals surface area (Å²) in [6.07, 6.45) is 5.76. The summed E-state index contributed by atoms with van der Waals surface area (Å²) in [7, 11) is 0. The van der Waals surface area contributed by atoms with Gasteiger partial charge in [-0.2, -0.15) is 4.98 Å². The van der Waals surface area contributed by atoms with E-state index in [1.54, 1.807) is 18.2 Å². The van der Waals surface area contributed by atoms with E-state index in [-0.39, 0.29) is 23.6 Å². The topological polar surface area (TPSA) is 88.6 Å². The second-order valence-corrected chi connectivity index (χ2v) is 12.3. The van der Waals surface area contributed by atoms with Gasteiger partial charge in [0.1, 0.15) is 0 Å². The quantitative estimate of drug-likeness (QED) is 0.173. The molecule has 1 unspecified atom stereocenters. The summed E-state index contributed by atoms with van der Waals surface area (Å²) < 4.78 is 26.6. The van der Waals surface area contributed by atoms with Gasteiger partial charge >= 0.3 is 6.09 Å². The Morgan fingerprint density at radius 1 is 0.978 bits per heavy atom. The molecule has 1 aliphatic heterocycles. The number of hydrogen-bond donors (Lipinski definition) is 2. The normalized spacial score (nSPS) is 16.1. The zero-order chi connectivity index (χ0) is 32.0. The van der Waals surface area contributed by atoms with Gasteiger partial charge in [0, 0.05) is 29.9 Å². The Labute approximate surface area is 270 Å². The third kappa shape index (κ3) is 7.48. The molecule has 46 heavy (non-hydrogen) atoms. The van der Waals surface area contributed by atoms with Crippen LogP contribution in [0.2, 0.25) is 0 Å². The molecule has 240 valence electrons. The van der Waals surface area contributed by atoms with Crippen molar-refractivity contribution >= 4 is 17.7 Å². The van der Waals surface area contributed by atoms with Crippen LogP contribution in [-0.4, -0.2) is 47.2 Å². The number of aryl methyl sites for hydroxylation is 2. The van der Waals surface area contributed by atoms with Crippen molar-refractivity contribution in [2.45, 2.75) is 65.3 Å². The molecule has 1 saturated heterocycles. The molecule has 9 heteroatoms. The molecular weight excluding hydrogens is 581 g/mol. The molecule has 3 aromatic carbocycles. The lowest BCUT2D eigenvalue weighted by atomic mass is 9.97. The smallest absolute Gasteiger partial charge is 0.414 e. The van der Waals surface area contributed by atoms with Gasteiger partial charge in [-0.1, -0.05) is 42.8 Å². The van der Waals surface area contributed by atoms with Gasteiger partial charge in [-0.25, -0.2) is 14.2 Å². The number of halogens is 1. The van der Waals surface area contributed by atoms with Crippen LogP contribution >= 0.6 is 0 Å². The van der Waals surface area contributed by atoms with Gasteiger partial charge in [-0.3, -0.25) is 0 Å². The predicted molar refractivity (Wildman–Crippen MR) is 178 cm³/mol. The van der Waals surface area contributed by atoms with Gasteiger partial charge in [0.15, 0.2) is 11.6 Å². The Morgan fingerprint density at radius 3 is 2.63 bits per heavy atom. The van der Waals surface area contributed by atoms with Crippen molar-refractivity contribution in [3.63, 3.8) is 0 Å². The minimum Gasteiger partial charge on any atom is -0.490 e. The number of nitrogens with zero attached hydrogens (tertiary/aromatic N) is 3. The van der Waals surface area contributed by atoms with E-state index < -0.39 is 11.9 Å². The molecule has 2 heterocycles. The Bertz CT molecular complexity index is 1700. The third-order valence-corrected chi connectivity index (χ3v) is 9.17. The van der Waals surface area contributed by atoms with Crippen molar-refractivity contribution in [2.75, 3.05) is 31.6 Å². The fraction of sp³-hybridized carbons (Fsp3) is 0.378. The molecule has 1 aliphatic carbocycles. The number of hydrogen-bond acceptors (Lipinski definition) is 7. The number of nitrogens with one attached hydrogen (secondary N) is 2. The molecule has 2 aliphatic rings. The first-order chi connectivity index (χ1) is 22.3. The molecule has 0 bridgehead atoms. The molecule has 4 aromatic rings. The summed E-state index contributed by atoms with van der Waals surface area (Å²) >= 11 is 0. The van der Waals surface area contributed by atoms with Crippen molar-refractivity contribution < 1.29 is 18.7 Å². The van der Waals surface area contributed by atoms with Crippen LogP contribution in [-0.2, 0) is 6.42 Å². The van der Waals surface area contributed by atoms with Crippen LogP contribution in [0.5, 0.6) is 11.6 Å². The largest absolute Gasteiger partial charge is 0.490 e. The highest BCUT2D eigenvalue weighted by molar-refractivity contribution is 5.73. The van der Waals surface area contributed by atoms with E-state index in [2.05, 4.69) is 40.4 Å². The van der Waals surface area contributed by atoms with Gasteiger partial charge in [0.2, 0.25) is 11.8 Å². The predicted octanol–water partition coefficient (Wildman–Crippen LogP) is 7.98. The van der Waals surface area contributed by atoms with Crippen LogP contribution in [0.15, 0.2) is 60.7 Å². The van der Waals surface area contributed by atoms with E-state index in [4.69, 9.17) is 14.5 Å². The number of fused-ring (bicyclic) bond motifs is 1. The van der Waals surface area contributed by atoms with Crippen molar-refractivity contribution in [3.05, 3.63) is 94.3 Å². The monoisotopic (exact) mass is 623 g/mol. The van der Waals surface area contributed by atoms with E-state index in [1.807, 2.05) is 37.3 Å². The second kappa shape index (κ2) is 14.3. The van der Waals surface area contributed by atoms with E-state index in [1.165, 1.54) is 36.5 Å². The zero-order valence-electron chi connectivity index (χ0n) is 26.9. The van der Waals surface area contributed by atoms with Crippen molar-refractivity contribution in [1.29, 1.82) is 0 Å². The SMILES string of the molecule is Cc1ccc(-c2cc(OC(=O)NC3CCc4ccccc43)nc(Nc3ccc(OCCCN4CCCCC4)c(F)c3)n2)c(C)c1C. The summed E-state index contributed by atoms with van der Waals surface area (Å²) in [5.74, 6) is -0.00240. The molecule has 0 radical (unpaired) electrons. The standard InChI is InChI=1S/C37H42FN5O3/c1-24-12-15-29(26(3)25(24)2)33-23-35(46-37(44)41-32-16-13-27-10-5-6-11-30(27)32)42-36(40-33)39-28-14-17-34(31(38)22-28)45-21-9-20-43-18-7-4-8-19-43/h5-6,10-12,14-15,17,22-23,32H,4,7-9,13,16,18-21H2,1-3H3,(H,41,44)(H,39,40,42). The lowest BCUT2D eigenvalue weighted by molar-refractivity contribution is 0.194. The zero-order valence-corrected chi connectivity index (χ0v) is 26.9. The second-order valence-electron chi connectivity index (χ2n) is 12.3. The van der Waals surface area contributed by atoms with Crippen LogP contribution in [0, 0.1) is 26.6 Å². The first-order valence-electron chi connectivity index (χ1n) is 16.3. The van der Waals surface area contributed by atoms with Gasteiger partial charge in [-0.05, 0) is 106 Å². The maximum absolute atomic E-state index is 15.1. The van der Waals surface area contributed by atoms with Crippen LogP contribution in [0.4, 0.5) is 20.8 Å². The van der Waals surface area contributed by atoms with Crippen LogP contribution in [0.1, 0.15) is 66.0 Å². The first kappa shape index (κ1) is 31.5. The summed E-state index contributed by atoms with van der Waals surface area (Å²) in [5.41, 5.74) is 7.65. The Morgan fingerprint density at radius 2 is 1.80 bits per heavy atom.